The highest BCUT2D eigenvalue weighted by atomic mass is 16.6. The third-order valence-electron chi connectivity index (χ3n) is 2.51. The molecule has 5 nitrogen and oxygen atoms in total. The van der Waals surface area contributed by atoms with Gasteiger partial charge in [-0.25, -0.2) is 0 Å². The number of nitrogens with zero attached hydrogens (tertiary/aromatic N) is 1. The maximum Gasteiger partial charge on any atom is 0.310 e. The number of nitro benzene ring substituents is 1. The lowest BCUT2D eigenvalue weighted by Crippen LogP contribution is -2.26. The van der Waals surface area contributed by atoms with Gasteiger partial charge in [0.25, 0.3) is 0 Å². The number of nitro groups is 1. The molecule has 0 aromatic heterocycles. The number of rotatable bonds is 4. The zero-order chi connectivity index (χ0) is 13.9. The summed E-state index contributed by atoms with van der Waals surface area (Å²) in [5.74, 6) is 0.0379. The molecule has 1 aromatic carbocycles. The first-order valence-electron chi connectivity index (χ1n) is 5.63. The molecule has 0 unspecified atom stereocenters. The average Bonchev–Trinajstić information content (AvgIpc) is 2.24. The smallest absolute Gasteiger partial charge is 0.310 e. The second-order valence-electron chi connectivity index (χ2n) is 5.19. The molecule has 0 aliphatic rings. The van der Waals surface area contributed by atoms with Gasteiger partial charge in [-0.05, 0) is 18.6 Å². The predicted molar refractivity (Wildman–Crippen MR) is 67.8 cm³/mol. The van der Waals surface area contributed by atoms with Crippen LogP contribution < -0.4 is 4.74 Å². The third-order valence-corrected chi connectivity index (χ3v) is 2.51. The second kappa shape index (κ2) is 5.16. The molecule has 1 rings (SSSR count). The van der Waals surface area contributed by atoms with E-state index in [1.165, 1.54) is 6.07 Å². The van der Waals surface area contributed by atoms with Crippen LogP contribution in [0.4, 0.5) is 5.69 Å². The van der Waals surface area contributed by atoms with Crippen molar-refractivity contribution in [1.82, 2.24) is 0 Å². The van der Waals surface area contributed by atoms with Gasteiger partial charge in [0.05, 0.1) is 4.92 Å². The quantitative estimate of drug-likeness (QED) is 0.609. The summed E-state index contributed by atoms with van der Waals surface area (Å²) < 4.78 is 5.28. The van der Waals surface area contributed by atoms with Crippen molar-refractivity contribution in [3.05, 3.63) is 33.9 Å². The first kappa shape index (κ1) is 14.2. The van der Waals surface area contributed by atoms with Crippen LogP contribution in [-0.2, 0) is 4.79 Å². The fourth-order valence-electron chi connectivity index (χ4n) is 1.25. The van der Waals surface area contributed by atoms with Gasteiger partial charge in [0.15, 0.2) is 11.5 Å². The monoisotopic (exact) mass is 251 g/mol. The summed E-state index contributed by atoms with van der Waals surface area (Å²) in [5.41, 5.74) is 0.208. The molecule has 0 N–H and O–H groups in total. The molecule has 0 fully saturated rings. The van der Waals surface area contributed by atoms with Crippen LogP contribution in [0, 0.1) is 22.5 Å². The van der Waals surface area contributed by atoms with E-state index in [1.54, 1.807) is 32.9 Å². The maximum absolute atomic E-state index is 11.7. The number of carbonyl (C=O) groups is 1. The molecule has 5 heteroatoms. The molecule has 0 saturated heterocycles. The Morgan fingerprint density at radius 1 is 1.39 bits per heavy atom. The lowest BCUT2D eigenvalue weighted by atomic mass is 9.91. The van der Waals surface area contributed by atoms with Gasteiger partial charge in [0, 0.05) is 11.5 Å². The highest BCUT2D eigenvalue weighted by Gasteiger charge is 2.23. The standard InChI is InChI=1S/C13H17NO4/c1-9-5-6-10(14(16)17)11(7-9)18-8-12(15)13(2,3)4/h5-7H,8H2,1-4H3. The van der Waals surface area contributed by atoms with Gasteiger partial charge in [-0.3, -0.25) is 14.9 Å². The molecule has 0 amide bonds. The van der Waals surface area contributed by atoms with E-state index in [0.29, 0.717) is 0 Å². The van der Waals surface area contributed by atoms with Crippen molar-refractivity contribution in [3.8, 4) is 5.75 Å². The summed E-state index contributed by atoms with van der Waals surface area (Å²) >= 11 is 0. The van der Waals surface area contributed by atoms with Crippen LogP contribution in [0.15, 0.2) is 18.2 Å². The topological polar surface area (TPSA) is 69.4 Å². The van der Waals surface area contributed by atoms with Gasteiger partial charge in [-0.15, -0.1) is 0 Å². The largest absolute Gasteiger partial charge is 0.479 e. The average molecular weight is 251 g/mol. The molecule has 0 spiro atoms. The van der Waals surface area contributed by atoms with Crippen molar-refractivity contribution >= 4 is 11.5 Å². The number of hydrogen-bond acceptors (Lipinski definition) is 4. The van der Waals surface area contributed by atoms with Crippen molar-refractivity contribution in [2.75, 3.05) is 6.61 Å². The molecule has 0 saturated carbocycles. The number of aryl methyl sites for hydroxylation is 1. The minimum Gasteiger partial charge on any atom is -0.479 e. The SMILES string of the molecule is Cc1ccc([N+](=O)[O-])c(OCC(=O)C(C)(C)C)c1. The number of hydrogen-bond donors (Lipinski definition) is 0. The van der Waals surface area contributed by atoms with Crippen molar-refractivity contribution in [2.45, 2.75) is 27.7 Å². The normalized spacial score (nSPS) is 11.1. The summed E-state index contributed by atoms with van der Waals surface area (Å²) in [6.07, 6.45) is 0. The van der Waals surface area contributed by atoms with Crippen LogP contribution >= 0.6 is 0 Å². The van der Waals surface area contributed by atoms with E-state index in [-0.39, 0.29) is 23.8 Å². The van der Waals surface area contributed by atoms with Crippen LogP contribution in [0.5, 0.6) is 5.75 Å². The minimum atomic E-state index is -0.518. The summed E-state index contributed by atoms with van der Waals surface area (Å²) in [5, 5.41) is 10.8. The Balaban J connectivity index is 2.87. The van der Waals surface area contributed by atoms with Crippen molar-refractivity contribution in [2.24, 2.45) is 5.41 Å². The van der Waals surface area contributed by atoms with Crippen LogP contribution in [0.2, 0.25) is 0 Å². The Hall–Kier alpha value is -1.91. The van der Waals surface area contributed by atoms with Gasteiger partial charge in [-0.1, -0.05) is 26.8 Å². The predicted octanol–water partition coefficient (Wildman–Crippen LogP) is 2.90. The van der Waals surface area contributed by atoms with Gasteiger partial charge in [-0.2, -0.15) is 0 Å². The summed E-state index contributed by atoms with van der Waals surface area (Å²) in [6, 6.07) is 4.58. The summed E-state index contributed by atoms with van der Waals surface area (Å²) in [7, 11) is 0. The van der Waals surface area contributed by atoms with Gasteiger partial charge in [0.1, 0.15) is 6.61 Å². The van der Waals surface area contributed by atoms with E-state index in [4.69, 9.17) is 4.74 Å². The molecule has 0 aliphatic carbocycles. The molecule has 1 aromatic rings. The van der Waals surface area contributed by atoms with Gasteiger partial charge >= 0.3 is 5.69 Å². The molecular formula is C13H17NO4. The molecule has 0 radical (unpaired) electrons. The molecule has 0 bridgehead atoms. The first-order chi connectivity index (χ1) is 8.21. The van der Waals surface area contributed by atoms with Crippen molar-refractivity contribution in [3.63, 3.8) is 0 Å². The van der Waals surface area contributed by atoms with E-state index in [0.717, 1.165) is 5.56 Å². The molecule has 0 aliphatic heterocycles. The molecular weight excluding hydrogens is 234 g/mol. The summed E-state index contributed by atoms with van der Waals surface area (Å²) in [6.45, 7) is 6.99. The fourth-order valence-corrected chi connectivity index (χ4v) is 1.25. The van der Waals surface area contributed by atoms with Crippen LogP contribution in [-0.4, -0.2) is 17.3 Å². The first-order valence-corrected chi connectivity index (χ1v) is 5.63. The third kappa shape index (κ3) is 3.55. The lowest BCUT2D eigenvalue weighted by molar-refractivity contribution is -0.385. The van der Waals surface area contributed by atoms with E-state index in [9.17, 15) is 14.9 Å². The van der Waals surface area contributed by atoms with Gasteiger partial charge < -0.3 is 4.74 Å². The van der Waals surface area contributed by atoms with Crippen LogP contribution in [0.1, 0.15) is 26.3 Å². The second-order valence-corrected chi connectivity index (χ2v) is 5.19. The molecule has 0 atom stereocenters. The lowest BCUT2D eigenvalue weighted by Gasteiger charge is -2.16. The Kier molecular flexibility index (Phi) is 4.06. The number of carbonyl (C=O) groups excluding carboxylic acids is 1. The van der Waals surface area contributed by atoms with Crippen molar-refractivity contribution < 1.29 is 14.5 Å². The van der Waals surface area contributed by atoms with E-state index in [2.05, 4.69) is 0 Å². The minimum absolute atomic E-state index is 0.0988. The number of ether oxygens (including phenoxy) is 1. The Morgan fingerprint density at radius 3 is 2.50 bits per heavy atom. The molecule has 18 heavy (non-hydrogen) atoms. The van der Waals surface area contributed by atoms with E-state index in [1.807, 2.05) is 6.92 Å². The Bertz CT molecular complexity index is 474. The van der Waals surface area contributed by atoms with E-state index >= 15 is 0 Å². The van der Waals surface area contributed by atoms with E-state index < -0.39 is 10.3 Å². The summed E-state index contributed by atoms with van der Waals surface area (Å²) in [4.78, 5) is 22.0. The number of benzene rings is 1. The fraction of sp³-hybridized carbons (Fsp3) is 0.462. The zero-order valence-electron chi connectivity index (χ0n) is 11.0. The molecule has 98 valence electrons. The zero-order valence-corrected chi connectivity index (χ0v) is 11.0. The van der Waals surface area contributed by atoms with Crippen LogP contribution in [0.3, 0.4) is 0 Å². The van der Waals surface area contributed by atoms with Crippen LogP contribution in [0.25, 0.3) is 0 Å². The highest BCUT2D eigenvalue weighted by molar-refractivity contribution is 5.85. The molecule has 0 heterocycles. The number of Topliss-reactive ketones (excluding diaryl/α,β-unsaturated/α-hetero) is 1. The Morgan fingerprint density at radius 2 is 2.00 bits per heavy atom. The van der Waals surface area contributed by atoms with Crippen molar-refractivity contribution in [1.29, 1.82) is 0 Å². The number of ketones is 1. The maximum atomic E-state index is 11.7. The Labute approximate surface area is 106 Å². The van der Waals surface area contributed by atoms with Gasteiger partial charge in [0.2, 0.25) is 0 Å². The highest BCUT2D eigenvalue weighted by Crippen LogP contribution is 2.28.